The predicted molar refractivity (Wildman–Crippen MR) is 121 cm³/mol. The van der Waals surface area contributed by atoms with Gasteiger partial charge in [-0.1, -0.05) is 48.5 Å². The molecule has 4 rings (SSSR count). The van der Waals surface area contributed by atoms with E-state index in [1.165, 1.54) is 6.08 Å². The number of nitriles is 1. The fourth-order valence-electron chi connectivity index (χ4n) is 3.18. The second kappa shape index (κ2) is 9.45. The Bertz CT molecular complexity index is 1290. The van der Waals surface area contributed by atoms with Crippen molar-refractivity contribution in [2.45, 2.75) is 6.61 Å². The molecule has 32 heavy (non-hydrogen) atoms. The van der Waals surface area contributed by atoms with Crippen LogP contribution in [-0.2, 0) is 11.4 Å². The number of hydrogen-bond acceptors (Lipinski definition) is 4. The molecule has 156 valence electrons. The van der Waals surface area contributed by atoms with Gasteiger partial charge < -0.3 is 9.84 Å². The Morgan fingerprint density at radius 1 is 1.00 bits per heavy atom. The molecule has 6 heteroatoms. The van der Waals surface area contributed by atoms with Crippen LogP contribution in [0, 0.1) is 11.3 Å². The van der Waals surface area contributed by atoms with E-state index in [9.17, 15) is 15.2 Å². The lowest BCUT2D eigenvalue weighted by molar-refractivity contribution is -0.132. The van der Waals surface area contributed by atoms with Crippen LogP contribution in [0.25, 0.3) is 23.0 Å². The van der Waals surface area contributed by atoms with E-state index in [1.807, 2.05) is 84.9 Å². The minimum absolute atomic E-state index is 0.360. The number of benzene rings is 3. The lowest BCUT2D eigenvalue weighted by atomic mass is 10.1. The molecule has 1 aromatic heterocycles. The molecule has 0 amide bonds. The normalized spacial score (nSPS) is 11.0. The first-order valence-corrected chi connectivity index (χ1v) is 9.91. The number of para-hydroxylation sites is 1. The zero-order chi connectivity index (χ0) is 22.3. The van der Waals surface area contributed by atoms with Gasteiger partial charge in [0.15, 0.2) is 0 Å². The van der Waals surface area contributed by atoms with Crippen LogP contribution in [-0.4, -0.2) is 20.9 Å². The fourth-order valence-corrected chi connectivity index (χ4v) is 3.18. The molecule has 1 heterocycles. The van der Waals surface area contributed by atoms with Crippen molar-refractivity contribution in [1.82, 2.24) is 9.78 Å². The predicted octanol–water partition coefficient (Wildman–Crippen LogP) is 5.11. The SMILES string of the molecule is N#C/C(=C/c1cn(-c2ccccc2)nc1-c1ccc(OCc2ccccc2)cc1)C(=O)O. The summed E-state index contributed by atoms with van der Waals surface area (Å²) >= 11 is 0. The Labute approximate surface area is 185 Å². The molecular weight excluding hydrogens is 402 g/mol. The van der Waals surface area contributed by atoms with Crippen LogP contribution in [0.4, 0.5) is 0 Å². The van der Waals surface area contributed by atoms with Crippen molar-refractivity contribution in [3.05, 3.63) is 108 Å². The van der Waals surface area contributed by atoms with Gasteiger partial charge in [-0.05, 0) is 48.0 Å². The minimum atomic E-state index is -1.28. The summed E-state index contributed by atoms with van der Waals surface area (Å²) < 4.78 is 7.51. The molecule has 0 unspecified atom stereocenters. The van der Waals surface area contributed by atoms with E-state index in [1.54, 1.807) is 16.9 Å². The lowest BCUT2D eigenvalue weighted by Gasteiger charge is -2.07. The summed E-state index contributed by atoms with van der Waals surface area (Å²) in [4.78, 5) is 11.4. The molecule has 0 aliphatic rings. The van der Waals surface area contributed by atoms with Gasteiger partial charge in [0.25, 0.3) is 0 Å². The molecule has 0 bridgehead atoms. The van der Waals surface area contributed by atoms with Crippen LogP contribution in [0.1, 0.15) is 11.1 Å². The number of aliphatic carboxylic acids is 1. The van der Waals surface area contributed by atoms with Crippen molar-refractivity contribution >= 4 is 12.0 Å². The van der Waals surface area contributed by atoms with E-state index in [-0.39, 0.29) is 5.57 Å². The molecule has 0 aliphatic carbocycles. The van der Waals surface area contributed by atoms with E-state index in [0.29, 0.717) is 23.6 Å². The summed E-state index contributed by atoms with van der Waals surface area (Å²) in [6, 6.07) is 28.5. The monoisotopic (exact) mass is 421 g/mol. The number of ether oxygens (including phenoxy) is 1. The van der Waals surface area contributed by atoms with Crippen molar-refractivity contribution in [2.75, 3.05) is 0 Å². The summed E-state index contributed by atoms with van der Waals surface area (Å²) in [5, 5.41) is 23.1. The van der Waals surface area contributed by atoms with E-state index < -0.39 is 5.97 Å². The Balaban J connectivity index is 1.66. The largest absolute Gasteiger partial charge is 0.489 e. The van der Waals surface area contributed by atoms with Crippen LogP contribution in [0.2, 0.25) is 0 Å². The molecule has 4 aromatic rings. The fraction of sp³-hybridized carbons (Fsp3) is 0.0385. The topological polar surface area (TPSA) is 88.1 Å². The van der Waals surface area contributed by atoms with Crippen molar-refractivity contribution in [1.29, 1.82) is 5.26 Å². The van der Waals surface area contributed by atoms with E-state index in [0.717, 1.165) is 16.8 Å². The maximum Gasteiger partial charge on any atom is 0.346 e. The standard InChI is InChI=1S/C26H19N3O3/c27-16-21(26(30)31)15-22-17-29(23-9-5-2-6-10-23)28-25(22)20-11-13-24(14-12-20)32-18-19-7-3-1-4-8-19/h1-15,17H,18H2,(H,30,31)/b21-15-. The highest BCUT2D eigenvalue weighted by molar-refractivity contribution is 5.97. The van der Waals surface area contributed by atoms with Crippen LogP contribution < -0.4 is 4.74 Å². The first kappa shape index (κ1) is 20.6. The van der Waals surface area contributed by atoms with Crippen LogP contribution >= 0.6 is 0 Å². The summed E-state index contributed by atoms with van der Waals surface area (Å²) in [5.74, 6) is -0.573. The van der Waals surface area contributed by atoms with Crippen molar-refractivity contribution < 1.29 is 14.6 Å². The average molecular weight is 421 g/mol. The highest BCUT2D eigenvalue weighted by Gasteiger charge is 2.14. The molecule has 3 aromatic carbocycles. The van der Waals surface area contributed by atoms with Crippen molar-refractivity contribution in [3.63, 3.8) is 0 Å². The third-order valence-corrected chi connectivity index (χ3v) is 4.79. The van der Waals surface area contributed by atoms with Crippen LogP contribution in [0.3, 0.4) is 0 Å². The van der Waals surface area contributed by atoms with Crippen LogP contribution in [0.5, 0.6) is 5.75 Å². The van der Waals surface area contributed by atoms with E-state index in [4.69, 9.17) is 4.74 Å². The van der Waals surface area contributed by atoms with Gasteiger partial charge in [0.1, 0.15) is 24.0 Å². The minimum Gasteiger partial charge on any atom is -0.489 e. The first-order valence-electron chi connectivity index (χ1n) is 9.91. The molecule has 6 nitrogen and oxygen atoms in total. The molecular formula is C26H19N3O3. The number of rotatable bonds is 7. The van der Waals surface area contributed by atoms with Gasteiger partial charge in [-0.25, -0.2) is 9.48 Å². The third-order valence-electron chi connectivity index (χ3n) is 4.79. The Morgan fingerprint density at radius 3 is 2.28 bits per heavy atom. The van der Waals surface area contributed by atoms with Crippen molar-refractivity contribution in [2.24, 2.45) is 0 Å². The second-order valence-electron chi connectivity index (χ2n) is 6.99. The molecule has 0 radical (unpaired) electrons. The number of carboxylic acids is 1. The Morgan fingerprint density at radius 2 is 1.66 bits per heavy atom. The van der Waals surface area contributed by atoms with Gasteiger partial charge in [-0.15, -0.1) is 0 Å². The molecule has 1 N–H and O–H groups in total. The Hall–Kier alpha value is -4.63. The summed E-state index contributed by atoms with van der Waals surface area (Å²) in [6.07, 6.45) is 3.05. The zero-order valence-electron chi connectivity index (χ0n) is 17.1. The van der Waals surface area contributed by atoms with Gasteiger partial charge in [-0.3, -0.25) is 0 Å². The van der Waals surface area contributed by atoms with E-state index >= 15 is 0 Å². The zero-order valence-corrected chi connectivity index (χ0v) is 17.1. The summed E-state index contributed by atoms with van der Waals surface area (Å²) in [7, 11) is 0. The molecule has 0 saturated carbocycles. The summed E-state index contributed by atoms with van der Waals surface area (Å²) in [6.45, 7) is 0.459. The molecule has 0 spiro atoms. The van der Waals surface area contributed by atoms with Gasteiger partial charge in [0.05, 0.1) is 11.4 Å². The molecule has 0 saturated heterocycles. The van der Waals surface area contributed by atoms with E-state index in [2.05, 4.69) is 5.10 Å². The molecule has 0 aliphatic heterocycles. The maximum atomic E-state index is 11.4. The number of aromatic nitrogens is 2. The van der Waals surface area contributed by atoms with Crippen molar-refractivity contribution in [3.8, 4) is 28.8 Å². The van der Waals surface area contributed by atoms with Gasteiger partial charge >= 0.3 is 5.97 Å². The third kappa shape index (κ3) is 4.74. The number of hydrogen-bond donors (Lipinski definition) is 1. The second-order valence-corrected chi connectivity index (χ2v) is 6.99. The maximum absolute atomic E-state index is 11.4. The lowest BCUT2D eigenvalue weighted by Crippen LogP contribution is -1.97. The molecule has 0 fully saturated rings. The first-order chi connectivity index (χ1) is 15.6. The summed E-state index contributed by atoms with van der Waals surface area (Å²) in [5.41, 5.74) is 3.42. The van der Waals surface area contributed by atoms with Gasteiger partial charge in [-0.2, -0.15) is 10.4 Å². The molecule has 0 atom stereocenters. The van der Waals surface area contributed by atoms with Crippen LogP contribution in [0.15, 0.2) is 96.7 Å². The smallest absolute Gasteiger partial charge is 0.346 e. The highest BCUT2D eigenvalue weighted by atomic mass is 16.5. The van der Waals surface area contributed by atoms with Gasteiger partial charge in [0, 0.05) is 17.3 Å². The number of nitrogens with zero attached hydrogens (tertiary/aromatic N) is 3. The highest BCUT2D eigenvalue weighted by Crippen LogP contribution is 2.28. The average Bonchev–Trinajstić information content (AvgIpc) is 3.26. The number of carbonyl (C=O) groups is 1. The quantitative estimate of drug-likeness (QED) is 0.331. The number of carboxylic acid groups (broad SMARTS) is 1. The van der Waals surface area contributed by atoms with Gasteiger partial charge in [0.2, 0.25) is 0 Å². The Kier molecular flexibility index (Phi) is 6.10.